The second-order valence-corrected chi connectivity index (χ2v) is 2.77. The Hall–Kier alpha value is -1.98. The molecule has 0 bridgehead atoms. The number of hydrogen-bond donors (Lipinski definition) is 0. The molecule has 5 nitrogen and oxygen atoms in total. The van der Waals surface area contributed by atoms with Crippen LogP contribution in [0.2, 0.25) is 0 Å². The number of carbonyl (C=O) groups is 1. The molecule has 0 N–H and O–H groups in total. The van der Waals surface area contributed by atoms with E-state index in [-0.39, 0.29) is 5.56 Å². The summed E-state index contributed by atoms with van der Waals surface area (Å²) in [6, 6.07) is 2.99. The van der Waals surface area contributed by atoms with Crippen molar-refractivity contribution in [1.82, 2.24) is 0 Å². The molecule has 0 aliphatic carbocycles. The van der Waals surface area contributed by atoms with E-state index in [1.165, 1.54) is 12.1 Å². The van der Waals surface area contributed by atoms with Crippen LogP contribution in [0.5, 0.6) is 0 Å². The third-order valence-corrected chi connectivity index (χ3v) is 1.80. The van der Waals surface area contributed by atoms with Crippen LogP contribution in [0.15, 0.2) is 24.3 Å². The Balaban J connectivity index is 3.10. The van der Waals surface area contributed by atoms with Crippen LogP contribution in [-0.4, -0.2) is 18.0 Å². The lowest BCUT2D eigenvalue weighted by Gasteiger charge is -2.06. The molecule has 15 heavy (non-hydrogen) atoms. The zero-order valence-corrected chi connectivity index (χ0v) is 7.84. The molecule has 80 valence electrons. The molecule has 0 aliphatic heterocycles. The van der Waals surface area contributed by atoms with Crippen LogP contribution in [-0.2, 0) is 9.53 Å². The molecular weight excluding hydrogens is 205 g/mol. The van der Waals surface area contributed by atoms with Crippen molar-refractivity contribution in [3.63, 3.8) is 0 Å². The fraction of sp³-hybridized carbons (Fsp3) is 0.222. The molecule has 0 fully saturated rings. The lowest BCUT2D eigenvalue weighted by molar-refractivity contribution is -0.516. The topological polar surface area (TPSA) is 69.4 Å². The summed E-state index contributed by atoms with van der Waals surface area (Å²) in [6.07, 6.45) is 0. The summed E-state index contributed by atoms with van der Waals surface area (Å²) in [5, 5.41) is 10.6. The van der Waals surface area contributed by atoms with Crippen molar-refractivity contribution in [2.24, 2.45) is 0 Å². The number of ether oxygens (including phenoxy) is 1. The first-order valence-corrected chi connectivity index (χ1v) is 4.03. The van der Waals surface area contributed by atoms with Crippen molar-refractivity contribution >= 4 is 5.97 Å². The van der Waals surface area contributed by atoms with Crippen molar-refractivity contribution < 1.29 is 18.8 Å². The Labute approximate surface area is 84.6 Å². The van der Waals surface area contributed by atoms with Gasteiger partial charge < -0.3 is 4.74 Å². The molecule has 0 spiro atoms. The molecule has 1 unspecified atom stereocenters. The fourth-order valence-corrected chi connectivity index (χ4v) is 1.13. The molecule has 6 heteroatoms. The minimum atomic E-state index is -1.68. The average molecular weight is 213 g/mol. The van der Waals surface area contributed by atoms with Crippen molar-refractivity contribution in [1.29, 1.82) is 0 Å². The molecule has 1 rings (SSSR count). The molecule has 0 radical (unpaired) electrons. The van der Waals surface area contributed by atoms with Gasteiger partial charge in [0.15, 0.2) is 0 Å². The van der Waals surface area contributed by atoms with Gasteiger partial charge in [-0.05, 0) is 12.1 Å². The average Bonchev–Trinajstić information content (AvgIpc) is 2.17. The predicted octanol–water partition coefficient (Wildman–Crippen LogP) is 1.32. The molecule has 1 atom stereocenters. The van der Waals surface area contributed by atoms with E-state index >= 15 is 0 Å². The normalized spacial score (nSPS) is 11.9. The van der Waals surface area contributed by atoms with Crippen molar-refractivity contribution in [3.05, 3.63) is 45.8 Å². The number of nitrogens with zero attached hydrogens (tertiary/aromatic N) is 1. The van der Waals surface area contributed by atoms with Crippen molar-refractivity contribution in [2.45, 2.75) is 6.04 Å². The first kappa shape index (κ1) is 11.1. The largest absolute Gasteiger partial charge is 0.464 e. The van der Waals surface area contributed by atoms with E-state index in [4.69, 9.17) is 0 Å². The summed E-state index contributed by atoms with van der Waals surface area (Å²) in [5.41, 5.74) is -0.0353. The number of nitro groups is 1. The van der Waals surface area contributed by atoms with Gasteiger partial charge in [0.2, 0.25) is 0 Å². The Bertz CT molecular complexity index is 393. The van der Waals surface area contributed by atoms with E-state index in [1.54, 1.807) is 0 Å². The first-order chi connectivity index (χ1) is 7.06. The van der Waals surface area contributed by atoms with Gasteiger partial charge in [0.05, 0.1) is 7.11 Å². The maximum absolute atomic E-state index is 12.8. The van der Waals surface area contributed by atoms with Gasteiger partial charge >= 0.3 is 12.0 Å². The summed E-state index contributed by atoms with van der Waals surface area (Å²) >= 11 is 0. The van der Waals surface area contributed by atoms with Gasteiger partial charge in [-0.1, -0.05) is 12.1 Å². The van der Waals surface area contributed by atoms with Crippen LogP contribution in [0.4, 0.5) is 4.39 Å². The number of halogens is 1. The Morgan fingerprint density at radius 1 is 1.60 bits per heavy atom. The first-order valence-electron chi connectivity index (χ1n) is 4.03. The standard InChI is InChI=1S/C9H8FNO4/c1-15-9(12)8(11(13)14)6-3-2-4-7(10)5-6/h2-5,8H,1H3. The second-order valence-electron chi connectivity index (χ2n) is 2.77. The summed E-state index contributed by atoms with van der Waals surface area (Å²) in [4.78, 5) is 20.9. The highest BCUT2D eigenvalue weighted by Crippen LogP contribution is 2.18. The van der Waals surface area contributed by atoms with Crippen LogP contribution < -0.4 is 0 Å². The summed E-state index contributed by atoms with van der Waals surface area (Å²) in [5.74, 6) is -1.66. The molecule has 0 aromatic heterocycles. The minimum Gasteiger partial charge on any atom is -0.464 e. The van der Waals surface area contributed by atoms with Gasteiger partial charge in [-0.3, -0.25) is 10.1 Å². The van der Waals surface area contributed by atoms with Gasteiger partial charge in [0.1, 0.15) is 5.82 Å². The molecule has 0 aliphatic rings. The van der Waals surface area contributed by atoms with Gasteiger partial charge in [-0.2, -0.15) is 0 Å². The highest BCUT2D eigenvalue weighted by molar-refractivity contribution is 5.76. The van der Waals surface area contributed by atoms with E-state index in [2.05, 4.69) is 4.74 Å². The lowest BCUT2D eigenvalue weighted by Crippen LogP contribution is -2.22. The second kappa shape index (κ2) is 4.50. The highest BCUT2D eigenvalue weighted by Gasteiger charge is 2.33. The predicted molar refractivity (Wildman–Crippen MR) is 48.2 cm³/mol. The third kappa shape index (κ3) is 2.49. The zero-order chi connectivity index (χ0) is 11.4. The van der Waals surface area contributed by atoms with Crippen LogP contribution in [0.3, 0.4) is 0 Å². The van der Waals surface area contributed by atoms with Gasteiger partial charge in [-0.25, -0.2) is 9.18 Å². The Kier molecular flexibility index (Phi) is 3.33. The van der Waals surface area contributed by atoms with E-state index in [9.17, 15) is 19.3 Å². The smallest absolute Gasteiger partial charge is 0.386 e. The molecule has 0 saturated carbocycles. The molecule has 1 aromatic rings. The molecule has 0 saturated heterocycles. The third-order valence-electron chi connectivity index (χ3n) is 1.80. The quantitative estimate of drug-likeness (QED) is 0.431. The summed E-state index contributed by atoms with van der Waals surface area (Å²) < 4.78 is 17.0. The Morgan fingerprint density at radius 2 is 2.27 bits per heavy atom. The highest BCUT2D eigenvalue weighted by atomic mass is 19.1. The van der Waals surface area contributed by atoms with Crippen LogP contribution >= 0.6 is 0 Å². The van der Waals surface area contributed by atoms with E-state index in [1.807, 2.05) is 0 Å². The number of hydrogen-bond acceptors (Lipinski definition) is 4. The van der Waals surface area contributed by atoms with E-state index in [0.29, 0.717) is 0 Å². The number of rotatable bonds is 3. The van der Waals surface area contributed by atoms with Crippen LogP contribution in [0.25, 0.3) is 0 Å². The fourth-order valence-electron chi connectivity index (χ4n) is 1.13. The van der Waals surface area contributed by atoms with Gasteiger partial charge in [0.25, 0.3) is 0 Å². The number of methoxy groups -OCH3 is 1. The summed E-state index contributed by atoms with van der Waals surface area (Å²) in [6.45, 7) is 0. The zero-order valence-electron chi connectivity index (χ0n) is 7.84. The molecule has 0 heterocycles. The van der Waals surface area contributed by atoms with Crippen LogP contribution in [0.1, 0.15) is 11.6 Å². The lowest BCUT2D eigenvalue weighted by atomic mass is 10.1. The van der Waals surface area contributed by atoms with Gasteiger partial charge in [-0.15, -0.1) is 0 Å². The van der Waals surface area contributed by atoms with E-state index < -0.39 is 22.8 Å². The Morgan fingerprint density at radius 3 is 2.73 bits per heavy atom. The maximum atomic E-state index is 12.8. The summed E-state index contributed by atoms with van der Waals surface area (Å²) in [7, 11) is 1.04. The number of benzene rings is 1. The monoisotopic (exact) mass is 213 g/mol. The molecule has 1 aromatic carbocycles. The minimum absolute atomic E-state index is 0.0353. The molecule has 0 amide bonds. The maximum Gasteiger partial charge on any atom is 0.386 e. The van der Waals surface area contributed by atoms with Crippen molar-refractivity contribution in [2.75, 3.05) is 7.11 Å². The van der Waals surface area contributed by atoms with E-state index in [0.717, 1.165) is 19.2 Å². The van der Waals surface area contributed by atoms with Crippen molar-refractivity contribution in [3.8, 4) is 0 Å². The van der Waals surface area contributed by atoms with Gasteiger partial charge in [0, 0.05) is 10.5 Å². The number of esters is 1. The van der Waals surface area contributed by atoms with Crippen LogP contribution in [0, 0.1) is 15.9 Å². The number of carbonyl (C=O) groups excluding carboxylic acids is 1. The molecular formula is C9H8FNO4. The SMILES string of the molecule is COC(=O)C(c1cccc(F)c1)[N+](=O)[O-].